The van der Waals surface area contributed by atoms with Crippen molar-refractivity contribution in [3.63, 3.8) is 0 Å². The molecule has 3 nitrogen and oxygen atoms in total. The molecule has 0 spiro atoms. The van der Waals surface area contributed by atoms with E-state index >= 15 is 0 Å². The summed E-state index contributed by atoms with van der Waals surface area (Å²) in [6, 6.07) is 0. The fraction of sp³-hybridized carbons (Fsp3) is 0.846. The van der Waals surface area contributed by atoms with Gasteiger partial charge in [-0.05, 0) is 32.9 Å². The second-order valence-corrected chi connectivity index (χ2v) is 4.67. The van der Waals surface area contributed by atoms with E-state index in [9.17, 15) is 0 Å². The van der Waals surface area contributed by atoms with Crippen LogP contribution in [0.1, 0.15) is 26.2 Å². The van der Waals surface area contributed by atoms with Gasteiger partial charge in [0, 0.05) is 19.6 Å². The lowest BCUT2D eigenvalue weighted by Crippen LogP contribution is -2.32. The van der Waals surface area contributed by atoms with Crippen LogP contribution in [0.3, 0.4) is 0 Å². The fourth-order valence-electron chi connectivity index (χ4n) is 2.15. The number of nitrogens with one attached hydrogen (secondary N) is 1. The Morgan fingerprint density at radius 1 is 1.44 bits per heavy atom. The predicted octanol–water partition coefficient (Wildman–Crippen LogP) is 1.65. The van der Waals surface area contributed by atoms with Crippen LogP contribution >= 0.6 is 0 Å². The molecule has 2 unspecified atom stereocenters. The van der Waals surface area contributed by atoms with Crippen LogP contribution < -0.4 is 5.32 Å². The van der Waals surface area contributed by atoms with Gasteiger partial charge in [0.1, 0.15) is 0 Å². The summed E-state index contributed by atoms with van der Waals surface area (Å²) in [5.74, 6) is 0. The quantitative estimate of drug-likeness (QED) is 0.503. The van der Waals surface area contributed by atoms with Gasteiger partial charge in [0.15, 0.2) is 0 Å². The molecule has 0 aromatic rings. The number of likely N-dealkylation sites (N-methyl/N-ethyl adjacent to an activating group) is 1. The molecule has 1 saturated heterocycles. The Morgan fingerprint density at radius 3 is 2.88 bits per heavy atom. The third-order valence-corrected chi connectivity index (χ3v) is 2.95. The summed E-state index contributed by atoms with van der Waals surface area (Å²) in [7, 11) is 2.12. The topological polar surface area (TPSA) is 24.5 Å². The molecule has 1 heterocycles. The van der Waals surface area contributed by atoms with E-state index in [-0.39, 0.29) is 0 Å². The van der Waals surface area contributed by atoms with Crippen LogP contribution in [0.25, 0.3) is 0 Å². The Morgan fingerprint density at radius 2 is 2.19 bits per heavy atom. The van der Waals surface area contributed by atoms with E-state index in [0.717, 1.165) is 26.2 Å². The maximum absolute atomic E-state index is 5.99. The maximum atomic E-state index is 5.99. The number of hydrogen-bond donors (Lipinski definition) is 1. The first-order valence-electron chi connectivity index (χ1n) is 6.41. The molecule has 1 aliphatic heterocycles. The summed E-state index contributed by atoms with van der Waals surface area (Å²) in [6.45, 7) is 10.0. The Hall–Kier alpha value is -0.380. The Kier molecular flexibility index (Phi) is 6.69. The Labute approximate surface area is 99.8 Å². The molecule has 1 rings (SSSR count). The maximum Gasteiger partial charge on any atom is 0.0707 e. The van der Waals surface area contributed by atoms with Gasteiger partial charge in [0.05, 0.1) is 12.2 Å². The minimum absolute atomic E-state index is 0.415. The summed E-state index contributed by atoms with van der Waals surface area (Å²) in [4.78, 5) is 2.26. The van der Waals surface area contributed by atoms with Crippen LogP contribution in [-0.4, -0.2) is 50.3 Å². The first-order valence-corrected chi connectivity index (χ1v) is 6.41. The predicted molar refractivity (Wildman–Crippen MR) is 68.7 cm³/mol. The van der Waals surface area contributed by atoms with Gasteiger partial charge in [-0.15, -0.1) is 6.58 Å². The van der Waals surface area contributed by atoms with Crippen molar-refractivity contribution in [2.75, 3.05) is 33.2 Å². The smallest absolute Gasteiger partial charge is 0.0707 e. The molecule has 0 aromatic heterocycles. The normalized spacial score (nSPS) is 25.2. The van der Waals surface area contributed by atoms with E-state index in [4.69, 9.17) is 4.74 Å². The van der Waals surface area contributed by atoms with Crippen molar-refractivity contribution in [3.05, 3.63) is 12.7 Å². The highest BCUT2D eigenvalue weighted by Crippen LogP contribution is 2.19. The molecule has 94 valence electrons. The van der Waals surface area contributed by atoms with Gasteiger partial charge in [-0.25, -0.2) is 0 Å². The molecule has 2 atom stereocenters. The van der Waals surface area contributed by atoms with Gasteiger partial charge in [0.25, 0.3) is 0 Å². The summed E-state index contributed by atoms with van der Waals surface area (Å²) in [6.07, 6.45) is 6.36. The second-order valence-electron chi connectivity index (χ2n) is 4.67. The molecule has 1 aliphatic rings. The molecule has 1 N–H and O–H groups in total. The minimum Gasteiger partial charge on any atom is -0.372 e. The van der Waals surface area contributed by atoms with E-state index in [0.29, 0.717) is 12.2 Å². The summed E-state index contributed by atoms with van der Waals surface area (Å²) in [5, 5.41) is 3.42. The second kappa shape index (κ2) is 7.82. The zero-order valence-corrected chi connectivity index (χ0v) is 10.7. The molecule has 0 amide bonds. The molecule has 0 bridgehead atoms. The monoisotopic (exact) mass is 226 g/mol. The van der Waals surface area contributed by atoms with Gasteiger partial charge < -0.3 is 15.0 Å². The van der Waals surface area contributed by atoms with Crippen LogP contribution in [-0.2, 0) is 4.74 Å². The van der Waals surface area contributed by atoms with E-state index in [1.807, 2.05) is 6.08 Å². The van der Waals surface area contributed by atoms with Crippen LogP contribution in [0.2, 0.25) is 0 Å². The first kappa shape index (κ1) is 13.7. The Bertz CT molecular complexity index is 196. The molecule has 0 saturated carbocycles. The van der Waals surface area contributed by atoms with Gasteiger partial charge in [-0.2, -0.15) is 0 Å². The molecule has 0 radical (unpaired) electrons. The molecule has 1 fully saturated rings. The van der Waals surface area contributed by atoms with Crippen LogP contribution in [0, 0.1) is 0 Å². The average Bonchev–Trinajstić information content (AvgIpc) is 2.66. The van der Waals surface area contributed by atoms with Gasteiger partial charge in [0.2, 0.25) is 0 Å². The summed E-state index contributed by atoms with van der Waals surface area (Å²) < 4.78 is 5.99. The van der Waals surface area contributed by atoms with Crippen molar-refractivity contribution >= 4 is 0 Å². The standard InChI is InChI=1S/C13H26N2O/c1-4-8-14-10-12-6-7-13(16-12)11-15(3)9-5-2/h5,12-14H,2,4,6-11H2,1,3H3. The number of hydrogen-bond acceptors (Lipinski definition) is 3. The van der Waals surface area contributed by atoms with Crippen molar-refractivity contribution in [2.24, 2.45) is 0 Å². The average molecular weight is 226 g/mol. The number of rotatable bonds is 8. The van der Waals surface area contributed by atoms with Crippen molar-refractivity contribution in [2.45, 2.75) is 38.4 Å². The molecule has 0 aromatic carbocycles. The van der Waals surface area contributed by atoms with Crippen LogP contribution in [0.5, 0.6) is 0 Å². The summed E-state index contributed by atoms with van der Waals surface area (Å²) >= 11 is 0. The molecular weight excluding hydrogens is 200 g/mol. The molecular formula is C13H26N2O. The third kappa shape index (κ3) is 5.10. The van der Waals surface area contributed by atoms with E-state index < -0.39 is 0 Å². The van der Waals surface area contributed by atoms with Gasteiger partial charge in [-0.1, -0.05) is 13.0 Å². The fourth-order valence-corrected chi connectivity index (χ4v) is 2.15. The SMILES string of the molecule is C=CCN(C)CC1CCC(CNCCC)O1. The highest BCUT2D eigenvalue weighted by Gasteiger charge is 2.25. The summed E-state index contributed by atoms with van der Waals surface area (Å²) in [5.41, 5.74) is 0. The van der Waals surface area contributed by atoms with Crippen molar-refractivity contribution < 1.29 is 4.74 Å². The van der Waals surface area contributed by atoms with E-state index in [1.165, 1.54) is 19.3 Å². The molecule has 3 heteroatoms. The lowest BCUT2D eigenvalue weighted by Gasteiger charge is -2.20. The lowest BCUT2D eigenvalue weighted by atomic mass is 10.2. The van der Waals surface area contributed by atoms with E-state index in [2.05, 4.69) is 30.8 Å². The molecule has 16 heavy (non-hydrogen) atoms. The first-order chi connectivity index (χ1) is 7.76. The van der Waals surface area contributed by atoms with Crippen molar-refractivity contribution in [1.82, 2.24) is 10.2 Å². The van der Waals surface area contributed by atoms with Gasteiger partial charge >= 0.3 is 0 Å². The lowest BCUT2D eigenvalue weighted by molar-refractivity contribution is 0.0297. The zero-order valence-electron chi connectivity index (χ0n) is 10.7. The van der Waals surface area contributed by atoms with Crippen molar-refractivity contribution in [1.29, 1.82) is 0 Å². The third-order valence-electron chi connectivity index (χ3n) is 2.95. The van der Waals surface area contributed by atoms with Gasteiger partial charge in [-0.3, -0.25) is 0 Å². The highest BCUT2D eigenvalue weighted by molar-refractivity contribution is 4.79. The van der Waals surface area contributed by atoms with Crippen LogP contribution in [0.15, 0.2) is 12.7 Å². The van der Waals surface area contributed by atoms with Crippen molar-refractivity contribution in [3.8, 4) is 0 Å². The Balaban J connectivity index is 2.11. The number of ether oxygens (including phenoxy) is 1. The largest absolute Gasteiger partial charge is 0.372 e. The zero-order chi connectivity index (χ0) is 11.8. The highest BCUT2D eigenvalue weighted by atomic mass is 16.5. The number of nitrogens with zero attached hydrogens (tertiary/aromatic N) is 1. The molecule has 0 aliphatic carbocycles. The van der Waals surface area contributed by atoms with Crippen LogP contribution in [0.4, 0.5) is 0 Å². The minimum atomic E-state index is 0.415. The van der Waals surface area contributed by atoms with E-state index in [1.54, 1.807) is 0 Å².